The Morgan fingerprint density at radius 1 is 1.19 bits per heavy atom. The van der Waals surface area contributed by atoms with E-state index < -0.39 is 0 Å². The SMILES string of the molecule is Brc1cnc2ccc(-c3[c]cccc3)cn12. The van der Waals surface area contributed by atoms with Gasteiger partial charge in [0, 0.05) is 6.20 Å². The summed E-state index contributed by atoms with van der Waals surface area (Å²) >= 11 is 3.46. The summed E-state index contributed by atoms with van der Waals surface area (Å²) < 4.78 is 2.97. The van der Waals surface area contributed by atoms with Gasteiger partial charge < -0.3 is 0 Å². The van der Waals surface area contributed by atoms with Crippen LogP contribution in [-0.2, 0) is 0 Å². The van der Waals surface area contributed by atoms with E-state index in [0.717, 1.165) is 21.4 Å². The number of halogens is 1. The molecule has 0 N–H and O–H groups in total. The van der Waals surface area contributed by atoms with E-state index in [4.69, 9.17) is 0 Å². The van der Waals surface area contributed by atoms with Crippen LogP contribution in [0.4, 0.5) is 0 Å². The molecule has 0 saturated heterocycles. The largest absolute Gasteiger partial charge is 0.294 e. The molecule has 0 amide bonds. The highest BCUT2D eigenvalue weighted by Gasteiger charge is 2.02. The maximum atomic E-state index is 4.26. The molecule has 0 unspecified atom stereocenters. The molecule has 1 aromatic carbocycles. The van der Waals surface area contributed by atoms with Gasteiger partial charge in [0.1, 0.15) is 10.3 Å². The quantitative estimate of drug-likeness (QED) is 0.662. The zero-order valence-electron chi connectivity index (χ0n) is 8.39. The molecule has 2 aromatic heterocycles. The van der Waals surface area contributed by atoms with Crippen molar-refractivity contribution in [3.8, 4) is 11.1 Å². The first kappa shape index (κ1) is 9.60. The molecular weight excluding hydrogens is 264 g/mol. The average molecular weight is 272 g/mol. The van der Waals surface area contributed by atoms with Crippen molar-refractivity contribution in [2.45, 2.75) is 0 Å². The molecule has 1 radical (unpaired) electrons. The number of aromatic nitrogens is 2. The normalized spacial score (nSPS) is 10.8. The Morgan fingerprint density at radius 2 is 2.12 bits per heavy atom. The van der Waals surface area contributed by atoms with Crippen LogP contribution in [0.5, 0.6) is 0 Å². The fraction of sp³-hybridized carbons (Fsp3) is 0. The van der Waals surface area contributed by atoms with Crippen LogP contribution in [0.1, 0.15) is 0 Å². The van der Waals surface area contributed by atoms with Crippen LogP contribution < -0.4 is 0 Å². The summed E-state index contributed by atoms with van der Waals surface area (Å²) in [5.41, 5.74) is 3.16. The number of hydrogen-bond donors (Lipinski definition) is 0. The standard InChI is InChI=1S/C13H8BrN2/c14-12-8-15-13-7-6-11(9-16(12)13)10-4-2-1-3-5-10/h1-4,6-9H. The first-order valence-corrected chi connectivity index (χ1v) is 5.73. The molecular formula is C13H8BrN2. The van der Waals surface area contributed by atoms with Crippen molar-refractivity contribution in [1.29, 1.82) is 0 Å². The highest BCUT2D eigenvalue weighted by atomic mass is 79.9. The molecule has 0 saturated carbocycles. The topological polar surface area (TPSA) is 17.3 Å². The van der Waals surface area contributed by atoms with Crippen LogP contribution in [0, 0.1) is 6.07 Å². The van der Waals surface area contributed by atoms with Crippen LogP contribution in [0.25, 0.3) is 16.8 Å². The van der Waals surface area contributed by atoms with Crippen LogP contribution in [0.3, 0.4) is 0 Å². The van der Waals surface area contributed by atoms with Crippen molar-refractivity contribution in [3.63, 3.8) is 0 Å². The summed E-state index contributed by atoms with van der Waals surface area (Å²) in [7, 11) is 0. The molecule has 16 heavy (non-hydrogen) atoms. The first-order valence-electron chi connectivity index (χ1n) is 4.94. The number of benzene rings is 1. The van der Waals surface area contributed by atoms with Crippen molar-refractivity contribution in [2.75, 3.05) is 0 Å². The smallest absolute Gasteiger partial charge is 0.137 e. The Morgan fingerprint density at radius 3 is 2.94 bits per heavy atom. The fourth-order valence-corrected chi connectivity index (χ4v) is 2.07. The molecule has 0 atom stereocenters. The van der Waals surface area contributed by atoms with Crippen molar-refractivity contribution in [3.05, 3.63) is 59.5 Å². The number of pyridine rings is 1. The van der Waals surface area contributed by atoms with Gasteiger partial charge in [-0.3, -0.25) is 4.40 Å². The zero-order valence-corrected chi connectivity index (χ0v) is 9.98. The van der Waals surface area contributed by atoms with Gasteiger partial charge in [-0.05, 0) is 45.3 Å². The monoisotopic (exact) mass is 271 g/mol. The number of nitrogens with zero attached hydrogens (tertiary/aromatic N) is 2. The second-order valence-corrected chi connectivity index (χ2v) is 4.32. The summed E-state index contributed by atoms with van der Waals surface area (Å²) in [6.07, 6.45) is 3.85. The van der Waals surface area contributed by atoms with Crippen LogP contribution in [-0.4, -0.2) is 9.38 Å². The van der Waals surface area contributed by atoms with Gasteiger partial charge >= 0.3 is 0 Å². The predicted octanol–water partition coefficient (Wildman–Crippen LogP) is 3.56. The molecule has 0 spiro atoms. The van der Waals surface area contributed by atoms with Gasteiger partial charge in [-0.25, -0.2) is 4.98 Å². The van der Waals surface area contributed by atoms with Gasteiger partial charge in [0.05, 0.1) is 6.20 Å². The molecule has 0 bridgehead atoms. The lowest BCUT2D eigenvalue weighted by Crippen LogP contribution is -1.86. The van der Waals surface area contributed by atoms with E-state index in [9.17, 15) is 0 Å². The Labute approximate surface area is 102 Å². The van der Waals surface area contributed by atoms with Gasteiger partial charge in [0.25, 0.3) is 0 Å². The van der Waals surface area contributed by atoms with Crippen molar-refractivity contribution in [2.24, 2.45) is 0 Å². The maximum absolute atomic E-state index is 4.26. The predicted molar refractivity (Wildman–Crippen MR) is 67.2 cm³/mol. The van der Waals surface area contributed by atoms with Gasteiger partial charge in [0.15, 0.2) is 0 Å². The molecule has 2 heterocycles. The lowest BCUT2D eigenvalue weighted by Gasteiger charge is -2.02. The van der Waals surface area contributed by atoms with Crippen LogP contribution >= 0.6 is 15.9 Å². The molecule has 3 aromatic rings. The van der Waals surface area contributed by atoms with Gasteiger partial charge in [0.2, 0.25) is 0 Å². The average Bonchev–Trinajstić information content (AvgIpc) is 2.72. The Balaban J connectivity index is 2.22. The van der Waals surface area contributed by atoms with Crippen LogP contribution in [0.2, 0.25) is 0 Å². The summed E-state index contributed by atoms with van der Waals surface area (Å²) in [6.45, 7) is 0. The van der Waals surface area contributed by atoms with E-state index in [0.29, 0.717) is 0 Å². The first-order chi connectivity index (χ1) is 7.84. The highest BCUT2D eigenvalue weighted by molar-refractivity contribution is 9.10. The summed E-state index contributed by atoms with van der Waals surface area (Å²) in [5.74, 6) is 0. The Kier molecular flexibility index (Phi) is 2.26. The number of fused-ring (bicyclic) bond motifs is 1. The maximum Gasteiger partial charge on any atom is 0.137 e. The van der Waals surface area contributed by atoms with Crippen molar-refractivity contribution < 1.29 is 0 Å². The molecule has 0 aliphatic rings. The van der Waals surface area contributed by atoms with Gasteiger partial charge in [-0.2, -0.15) is 0 Å². The summed E-state index contributed by atoms with van der Waals surface area (Å²) in [5, 5.41) is 0. The number of imidazole rings is 1. The zero-order chi connectivity index (χ0) is 11.0. The lowest BCUT2D eigenvalue weighted by atomic mass is 10.1. The Hall–Kier alpha value is -1.61. The summed E-state index contributed by atoms with van der Waals surface area (Å²) in [4.78, 5) is 4.26. The molecule has 3 heteroatoms. The fourth-order valence-electron chi connectivity index (χ4n) is 1.68. The molecule has 0 aliphatic heterocycles. The third kappa shape index (κ3) is 1.53. The summed E-state index contributed by atoms with van der Waals surface area (Å²) in [6, 6.07) is 15.2. The second kappa shape index (κ2) is 3.76. The molecule has 0 aliphatic carbocycles. The lowest BCUT2D eigenvalue weighted by molar-refractivity contribution is 1.16. The second-order valence-electron chi connectivity index (χ2n) is 3.50. The minimum Gasteiger partial charge on any atom is -0.294 e. The van der Waals surface area contributed by atoms with Crippen LogP contribution in [0.15, 0.2) is 53.4 Å². The minimum absolute atomic E-state index is 0.937. The molecule has 3 rings (SSSR count). The van der Waals surface area contributed by atoms with Crippen molar-refractivity contribution >= 4 is 21.6 Å². The molecule has 0 fully saturated rings. The van der Waals surface area contributed by atoms with Gasteiger partial charge in [-0.1, -0.05) is 24.3 Å². The van der Waals surface area contributed by atoms with E-state index in [2.05, 4.69) is 39.2 Å². The van der Waals surface area contributed by atoms with E-state index in [1.54, 1.807) is 6.20 Å². The van der Waals surface area contributed by atoms with E-state index in [1.165, 1.54) is 0 Å². The van der Waals surface area contributed by atoms with E-state index in [1.807, 2.05) is 34.7 Å². The van der Waals surface area contributed by atoms with Gasteiger partial charge in [-0.15, -0.1) is 0 Å². The molecule has 2 nitrogen and oxygen atoms in total. The third-order valence-electron chi connectivity index (χ3n) is 2.48. The Bertz CT molecular complexity index is 629. The number of rotatable bonds is 1. The third-order valence-corrected chi connectivity index (χ3v) is 3.07. The number of hydrogen-bond acceptors (Lipinski definition) is 1. The van der Waals surface area contributed by atoms with E-state index >= 15 is 0 Å². The minimum atomic E-state index is 0.937. The molecule has 77 valence electrons. The highest BCUT2D eigenvalue weighted by Crippen LogP contribution is 2.21. The van der Waals surface area contributed by atoms with Crippen molar-refractivity contribution in [1.82, 2.24) is 9.38 Å². The van der Waals surface area contributed by atoms with E-state index in [-0.39, 0.29) is 0 Å².